The van der Waals surface area contributed by atoms with Crippen molar-refractivity contribution < 1.29 is 19.4 Å². The van der Waals surface area contributed by atoms with Crippen LogP contribution in [0, 0.1) is 6.92 Å². The van der Waals surface area contributed by atoms with Gasteiger partial charge in [-0.15, -0.1) is 0 Å². The van der Waals surface area contributed by atoms with Gasteiger partial charge in [-0.05, 0) is 78.2 Å². The quantitative estimate of drug-likeness (QED) is 0.319. The van der Waals surface area contributed by atoms with Gasteiger partial charge in [0.25, 0.3) is 5.91 Å². The number of amides is 2. The van der Waals surface area contributed by atoms with Crippen LogP contribution in [0.4, 0.5) is 0 Å². The number of benzene rings is 2. The Hall–Kier alpha value is -4.46. The number of aromatic nitrogens is 1. The molecule has 0 spiro atoms. The Labute approximate surface area is 198 Å². The standard InChI is InChI=1S/C26H26N4O4/c1-18-12-21(7-10-25(18)32)23(27-2)13-24(30-17-31)20-5-8-22(9-6-20)34-16-26(33)29-15-19-4-3-11-28-14-19/h3-14,17,32H,15-16H2,1-2H3,(H,29,33)(H,30,31)/b24-13-,27-23?. The average Bonchev–Trinajstić information content (AvgIpc) is 2.87. The molecular weight excluding hydrogens is 432 g/mol. The van der Waals surface area contributed by atoms with Crippen molar-refractivity contribution in [3.8, 4) is 11.5 Å². The van der Waals surface area contributed by atoms with Crippen LogP contribution in [0.1, 0.15) is 22.3 Å². The largest absolute Gasteiger partial charge is 0.508 e. The Morgan fingerprint density at radius 1 is 1.15 bits per heavy atom. The second-order valence-corrected chi connectivity index (χ2v) is 7.38. The number of hydrogen-bond acceptors (Lipinski definition) is 6. The molecule has 1 aromatic heterocycles. The topological polar surface area (TPSA) is 113 Å². The van der Waals surface area contributed by atoms with Gasteiger partial charge in [-0.3, -0.25) is 19.6 Å². The molecule has 0 aliphatic rings. The summed E-state index contributed by atoms with van der Waals surface area (Å²) in [5.74, 6) is 0.476. The number of aromatic hydroxyl groups is 1. The highest BCUT2D eigenvalue weighted by molar-refractivity contribution is 6.12. The van der Waals surface area contributed by atoms with E-state index in [1.807, 2.05) is 18.2 Å². The number of ether oxygens (including phenoxy) is 1. The van der Waals surface area contributed by atoms with Crippen LogP contribution in [-0.4, -0.2) is 41.8 Å². The maximum Gasteiger partial charge on any atom is 0.258 e. The molecule has 0 saturated carbocycles. The number of carbonyl (C=O) groups is 2. The zero-order chi connectivity index (χ0) is 24.3. The first-order chi connectivity index (χ1) is 16.5. The minimum Gasteiger partial charge on any atom is -0.508 e. The first kappa shape index (κ1) is 24.2. The summed E-state index contributed by atoms with van der Waals surface area (Å²) in [6.45, 7) is 2.06. The van der Waals surface area contributed by atoms with Crippen LogP contribution in [0.5, 0.6) is 11.5 Å². The normalized spacial score (nSPS) is 11.6. The Kier molecular flexibility index (Phi) is 8.51. The number of allylic oxidation sites excluding steroid dienone is 1. The van der Waals surface area contributed by atoms with E-state index in [-0.39, 0.29) is 18.3 Å². The van der Waals surface area contributed by atoms with Crippen molar-refractivity contribution in [3.05, 3.63) is 95.3 Å². The van der Waals surface area contributed by atoms with Gasteiger partial charge in [0, 0.05) is 37.2 Å². The SMILES string of the molecule is CN=C(/C=C(\NC=O)c1ccc(OCC(=O)NCc2cccnc2)cc1)c1ccc(O)c(C)c1. The van der Waals surface area contributed by atoms with E-state index in [1.165, 1.54) is 0 Å². The zero-order valence-electron chi connectivity index (χ0n) is 19.0. The Morgan fingerprint density at radius 3 is 2.56 bits per heavy atom. The molecule has 3 rings (SSSR count). The fourth-order valence-corrected chi connectivity index (χ4v) is 3.13. The predicted molar refractivity (Wildman–Crippen MR) is 131 cm³/mol. The highest BCUT2D eigenvalue weighted by atomic mass is 16.5. The van der Waals surface area contributed by atoms with Crippen molar-refractivity contribution in [1.82, 2.24) is 15.6 Å². The van der Waals surface area contributed by atoms with E-state index >= 15 is 0 Å². The third-order valence-corrected chi connectivity index (χ3v) is 4.98. The third-order valence-electron chi connectivity index (χ3n) is 4.98. The summed E-state index contributed by atoms with van der Waals surface area (Å²) in [5, 5.41) is 15.3. The van der Waals surface area contributed by atoms with Gasteiger partial charge in [-0.2, -0.15) is 0 Å². The smallest absolute Gasteiger partial charge is 0.258 e. The fourth-order valence-electron chi connectivity index (χ4n) is 3.13. The number of nitrogens with one attached hydrogen (secondary N) is 2. The van der Waals surface area contributed by atoms with E-state index in [9.17, 15) is 14.7 Å². The van der Waals surface area contributed by atoms with Crippen molar-refractivity contribution in [1.29, 1.82) is 0 Å². The second-order valence-electron chi connectivity index (χ2n) is 7.38. The molecule has 8 nitrogen and oxygen atoms in total. The predicted octanol–water partition coefficient (Wildman–Crippen LogP) is 3.00. The van der Waals surface area contributed by atoms with E-state index in [0.717, 1.165) is 22.3 Å². The van der Waals surface area contributed by atoms with Crippen LogP contribution < -0.4 is 15.4 Å². The van der Waals surface area contributed by atoms with Gasteiger partial charge in [0.2, 0.25) is 6.41 Å². The Bertz CT molecular complexity index is 1190. The van der Waals surface area contributed by atoms with Crippen LogP contribution in [-0.2, 0) is 16.1 Å². The van der Waals surface area contributed by atoms with Crippen molar-refractivity contribution in [2.75, 3.05) is 13.7 Å². The molecule has 3 aromatic rings. The van der Waals surface area contributed by atoms with Gasteiger partial charge in [0.15, 0.2) is 6.61 Å². The number of phenols is 1. The zero-order valence-corrected chi connectivity index (χ0v) is 19.0. The lowest BCUT2D eigenvalue weighted by Crippen LogP contribution is -2.28. The lowest BCUT2D eigenvalue weighted by atomic mass is 10.0. The van der Waals surface area contributed by atoms with Crippen LogP contribution in [0.2, 0.25) is 0 Å². The summed E-state index contributed by atoms with van der Waals surface area (Å²) in [7, 11) is 1.66. The summed E-state index contributed by atoms with van der Waals surface area (Å²) in [6.07, 6.45) is 5.71. The fraction of sp³-hybridized carbons (Fsp3) is 0.154. The summed E-state index contributed by atoms with van der Waals surface area (Å²) < 4.78 is 5.56. The summed E-state index contributed by atoms with van der Waals surface area (Å²) in [4.78, 5) is 31.6. The van der Waals surface area contributed by atoms with E-state index in [4.69, 9.17) is 4.74 Å². The van der Waals surface area contributed by atoms with Crippen LogP contribution in [0.15, 0.2) is 78.1 Å². The van der Waals surface area contributed by atoms with E-state index in [1.54, 1.807) is 68.8 Å². The van der Waals surface area contributed by atoms with Gasteiger partial charge in [0.1, 0.15) is 11.5 Å². The molecule has 0 fully saturated rings. The molecule has 0 saturated heterocycles. The lowest BCUT2D eigenvalue weighted by Gasteiger charge is -2.11. The molecule has 0 unspecified atom stereocenters. The minimum atomic E-state index is -0.246. The molecule has 0 aliphatic heterocycles. The maximum atomic E-state index is 12.0. The molecule has 34 heavy (non-hydrogen) atoms. The Morgan fingerprint density at radius 2 is 1.91 bits per heavy atom. The first-order valence-corrected chi connectivity index (χ1v) is 10.6. The van der Waals surface area contributed by atoms with Gasteiger partial charge in [0.05, 0.1) is 5.71 Å². The summed E-state index contributed by atoms with van der Waals surface area (Å²) >= 11 is 0. The highest BCUT2D eigenvalue weighted by Crippen LogP contribution is 2.21. The number of aliphatic imine (C=N–C) groups is 1. The average molecular weight is 459 g/mol. The monoisotopic (exact) mass is 458 g/mol. The molecule has 0 bridgehead atoms. The molecule has 174 valence electrons. The molecule has 0 radical (unpaired) electrons. The molecule has 2 amide bonds. The molecular formula is C26H26N4O4. The number of phenolic OH excluding ortho intramolecular Hbond substituents is 1. The molecule has 1 heterocycles. The first-order valence-electron chi connectivity index (χ1n) is 10.6. The van der Waals surface area contributed by atoms with E-state index in [2.05, 4.69) is 20.6 Å². The molecule has 3 N–H and O–H groups in total. The lowest BCUT2D eigenvalue weighted by molar-refractivity contribution is -0.123. The number of rotatable bonds is 10. The van der Waals surface area contributed by atoms with Crippen LogP contribution in [0.25, 0.3) is 5.70 Å². The summed E-state index contributed by atoms with van der Waals surface area (Å²) in [6, 6.07) is 15.9. The van der Waals surface area contributed by atoms with Gasteiger partial charge in [-0.25, -0.2) is 0 Å². The van der Waals surface area contributed by atoms with Gasteiger partial charge in [-0.1, -0.05) is 6.07 Å². The Balaban J connectivity index is 1.65. The van der Waals surface area contributed by atoms with Crippen molar-refractivity contribution >= 4 is 23.7 Å². The number of carbonyl (C=O) groups excluding carboxylic acids is 2. The second kappa shape index (κ2) is 12.0. The highest BCUT2D eigenvalue weighted by Gasteiger charge is 2.08. The van der Waals surface area contributed by atoms with Crippen LogP contribution >= 0.6 is 0 Å². The molecule has 0 atom stereocenters. The van der Waals surface area contributed by atoms with E-state index < -0.39 is 0 Å². The van der Waals surface area contributed by atoms with Crippen molar-refractivity contribution in [3.63, 3.8) is 0 Å². The maximum absolute atomic E-state index is 12.0. The van der Waals surface area contributed by atoms with Gasteiger partial charge < -0.3 is 20.5 Å². The van der Waals surface area contributed by atoms with Crippen molar-refractivity contribution in [2.24, 2.45) is 4.99 Å². The molecule has 2 aromatic carbocycles. The van der Waals surface area contributed by atoms with Crippen molar-refractivity contribution in [2.45, 2.75) is 13.5 Å². The number of nitrogens with zero attached hydrogens (tertiary/aromatic N) is 2. The molecule has 8 heteroatoms. The molecule has 0 aliphatic carbocycles. The van der Waals surface area contributed by atoms with E-state index in [0.29, 0.717) is 30.1 Å². The number of pyridine rings is 1. The van der Waals surface area contributed by atoms with Crippen LogP contribution in [0.3, 0.4) is 0 Å². The minimum absolute atomic E-state index is 0.123. The summed E-state index contributed by atoms with van der Waals surface area (Å²) in [5.41, 5.74) is 4.35. The number of hydrogen-bond donors (Lipinski definition) is 3. The van der Waals surface area contributed by atoms with Gasteiger partial charge >= 0.3 is 0 Å². The third kappa shape index (κ3) is 6.77. The number of aryl methyl sites for hydroxylation is 1.